The highest BCUT2D eigenvalue weighted by atomic mass is 16.5. The van der Waals surface area contributed by atoms with E-state index >= 15 is 0 Å². The first-order valence-electron chi connectivity index (χ1n) is 9.26. The van der Waals surface area contributed by atoms with E-state index in [4.69, 9.17) is 4.74 Å². The van der Waals surface area contributed by atoms with E-state index in [1.165, 1.54) is 4.68 Å². The molecule has 0 aliphatic rings. The molecule has 144 valence electrons. The van der Waals surface area contributed by atoms with E-state index in [1.807, 2.05) is 78.9 Å². The first kappa shape index (κ1) is 18.7. The van der Waals surface area contributed by atoms with Crippen LogP contribution in [-0.4, -0.2) is 14.9 Å². The first-order chi connectivity index (χ1) is 14.2. The Morgan fingerprint density at radius 2 is 1.59 bits per heavy atom. The summed E-state index contributed by atoms with van der Waals surface area (Å²) in [6.45, 7) is -0.0321. The number of rotatable bonds is 5. The quantitative estimate of drug-likeness (QED) is 0.554. The third-order valence-electron chi connectivity index (χ3n) is 4.65. The van der Waals surface area contributed by atoms with Crippen molar-refractivity contribution in [2.75, 3.05) is 0 Å². The van der Waals surface area contributed by atoms with Crippen LogP contribution in [0.15, 0.2) is 89.7 Å². The molecule has 5 nitrogen and oxygen atoms in total. The molecular formula is C24H20N2O3. The van der Waals surface area contributed by atoms with Gasteiger partial charge in [-0.15, -0.1) is 0 Å². The molecule has 5 heteroatoms. The Bertz CT molecular complexity index is 1180. The van der Waals surface area contributed by atoms with Gasteiger partial charge in [-0.3, -0.25) is 4.79 Å². The summed E-state index contributed by atoms with van der Waals surface area (Å²) >= 11 is 0. The van der Waals surface area contributed by atoms with Crippen molar-refractivity contribution in [1.82, 2.24) is 9.78 Å². The van der Waals surface area contributed by atoms with Gasteiger partial charge in [-0.25, -0.2) is 4.68 Å². The van der Waals surface area contributed by atoms with Crippen LogP contribution in [-0.2, 0) is 13.7 Å². The van der Waals surface area contributed by atoms with Crippen LogP contribution in [0.2, 0.25) is 0 Å². The Labute approximate surface area is 168 Å². The fourth-order valence-corrected chi connectivity index (χ4v) is 3.11. The molecule has 29 heavy (non-hydrogen) atoms. The number of nitrogens with zero attached hydrogens (tertiary/aromatic N) is 2. The monoisotopic (exact) mass is 384 g/mol. The zero-order valence-electron chi connectivity index (χ0n) is 15.9. The standard InChI is InChI=1S/C24H20N2O3/c1-26-23(28)15-21(18-13-11-17(16-27)12-14-18)24(25-26)20-9-5-6-10-22(20)29-19-7-3-2-4-8-19/h2-15,27H,16H2,1H3. The van der Waals surface area contributed by atoms with Crippen LogP contribution in [0, 0.1) is 0 Å². The number of aryl methyl sites for hydroxylation is 1. The van der Waals surface area contributed by atoms with Crippen LogP contribution in [0.1, 0.15) is 5.56 Å². The summed E-state index contributed by atoms with van der Waals surface area (Å²) in [5, 5.41) is 13.8. The van der Waals surface area contributed by atoms with E-state index in [9.17, 15) is 9.90 Å². The third-order valence-corrected chi connectivity index (χ3v) is 4.65. The molecule has 0 aliphatic heterocycles. The molecule has 4 rings (SSSR count). The Morgan fingerprint density at radius 3 is 2.31 bits per heavy atom. The van der Waals surface area contributed by atoms with Gasteiger partial charge in [0.25, 0.3) is 5.56 Å². The lowest BCUT2D eigenvalue weighted by molar-refractivity contribution is 0.282. The molecular weight excluding hydrogens is 364 g/mol. The summed E-state index contributed by atoms with van der Waals surface area (Å²) < 4.78 is 7.42. The van der Waals surface area contributed by atoms with Crippen LogP contribution < -0.4 is 10.3 Å². The molecule has 1 heterocycles. The maximum absolute atomic E-state index is 12.3. The molecule has 0 atom stereocenters. The van der Waals surface area contributed by atoms with Gasteiger partial charge in [-0.05, 0) is 35.4 Å². The topological polar surface area (TPSA) is 64.3 Å². The minimum absolute atomic E-state index is 0.0321. The minimum Gasteiger partial charge on any atom is -0.457 e. The summed E-state index contributed by atoms with van der Waals surface area (Å²) in [4.78, 5) is 12.3. The maximum Gasteiger partial charge on any atom is 0.267 e. The molecule has 0 amide bonds. The highest BCUT2D eigenvalue weighted by Gasteiger charge is 2.16. The highest BCUT2D eigenvalue weighted by Crippen LogP contribution is 2.37. The fourth-order valence-electron chi connectivity index (χ4n) is 3.11. The molecule has 0 saturated heterocycles. The molecule has 1 N–H and O–H groups in total. The molecule has 1 aromatic heterocycles. The fraction of sp³-hybridized carbons (Fsp3) is 0.0833. The minimum atomic E-state index is -0.198. The number of aliphatic hydroxyl groups is 1. The number of hydrogen-bond acceptors (Lipinski definition) is 4. The first-order valence-corrected chi connectivity index (χ1v) is 9.26. The zero-order chi connectivity index (χ0) is 20.2. The van der Waals surface area contributed by atoms with Gasteiger partial charge in [0.15, 0.2) is 0 Å². The average molecular weight is 384 g/mol. The predicted molar refractivity (Wildman–Crippen MR) is 113 cm³/mol. The van der Waals surface area contributed by atoms with Crippen molar-refractivity contribution < 1.29 is 9.84 Å². The van der Waals surface area contributed by atoms with Crippen LogP contribution >= 0.6 is 0 Å². The molecule has 4 aromatic rings. The Hall–Kier alpha value is -3.70. The summed E-state index contributed by atoms with van der Waals surface area (Å²) in [5.74, 6) is 1.37. The number of ether oxygens (including phenoxy) is 1. The van der Waals surface area contributed by atoms with Crippen molar-refractivity contribution in [2.24, 2.45) is 7.05 Å². The lowest BCUT2D eigenvalue weighted by Gasteiger charge is -2.15. The number of hydrogen-bond donors (Lipinski definition) is 1. The van der Waals surface area contributed by atoms with Crippen molar-refractivity contribution in [3.63, 3.8) is 0 Å². The number of benzene rings is 3. The number of aromatic nitrogens is 2. The highest BCUT2D eigenvalue weighted by molar-refractivity contribution is 5.83. The van der Waals surface area contributed by atoms with Gasteiger partial charge in [0, 0.05) is 24.2 Å². The van der Waals surface area contributed by atoms with Gasteiger partial charge < -0.3 is 9.84 Å². The summed E-state index contributed by atoms with van der Waals surface area (Å²) in [6.07, 6.45) is 0. The van der Waals surface area contributed by atoms with Gasteiger partial charge >= 0.3 is 0 Å². The maximum atomic E-state index is 12.3. The Morgan fingerprint density at radius 1 is 0.897 bits per heavy atom. The van der Waals surface area contributed by atoms with E-state index in [0.29, 0.717) is 17.0 Å². The smallest absolute Gasteiger partial charge is 0.267 e. The van der Waals surface area contributed by atoms with Crippen molar-refractivity contribution in [3.05, 3.63) is 101 Å². The average Bonchev–Trinajstić information content (AvgIpc) is 2.77. The van der Waals surface area contributed by atoms with Crippen molar-refractivity contribution >= 4 is 0 Å². The Balaban J connectivity index is 1.87. The van der Waals surface area contributed by atoms with E-state index in [1.54, 1.807) is 13.1 Å². The van der Waals surface area contributed by atoms with Crippen molar-refractivity contribution in [1.29, 1.82) is 0 Å². The van der Waals surface area contributed by atoms with Gasteiger partial charge in [-0.1, -0.05) is 54.6 Å². The second kappa shape index (κ2) is 8.12. The molecule has 0 aliphatic carbocycles. The summed E-state index contributed by atoms with van der Waals surface area (Å²) in [7, 11) is 1.63. The normalized spacial score (nSPS) is 10.7. The molecule has 0 saturated carbocycles. The van der Waals surface area contributed by atoms with Gasteiger partial charge in [0.1, 0.15) is 17.2 Å². The van der Waals surface area contributed by atoms with E-state index in [-0.39, 0.29) is 12.2 Å². The molecule has 0 bridgehead atoms. The number of aliphatic hydroxyl groups excluding tert-OH is 1. The Kier molecular flexibility index (Phi) is 5.22. The van der Waals surface area contributed by atoms with E-state index in [2.05, 4.69) is 5.10 Å². The SMILES string of the molecule is Cn1nc(-c2ccccc2Oc2ccccc2)c(-c2ccc(CO)cc2)cc1=O. The molecule has 3 aromatic carbocycles. The largest absolute Gasteiger partial charge is 0.457 e. The summed E-state index contributed by atoms with van der Waals surface area (Å²) in [6, 6.07) is 26.2. The van der Waals surface area contributed by atoms with Gasteiger partial charge in [0.2, 0.25) is 0 Å². The van der Waals surface area contributed by atoms with Crippen LogP contribution in [0.4, 0.5) is 0 Å². The van der Waals surface area contributed by atoms with Gasteiger partial charge in [-0.2, -0.15) is 5.10 Å². The second-order valence-corrected chi connectivity index (χ2v) is 6.63. The van der Waals surface area contributed by atoms with Crippen LogP contribution in [0.5, 0.6) is 11.5 Å². The lowest BCUT2D eigenvalue weighted by Crippen LogP contribution is -2.19. The van der Waals surface area contributed by atoms with Crippen molar-refractivity contribution in [2.45, 2.75) is 6.61 Å². The lowest BCUT2D eigenvalue weighted by atomic mass is 9.98. The van der Waals surface area contributed by atoms with Crippen LogP contribution in [0.25, 0.3) is 22.4 Å². The van der Waals surface area contributed by atoms with Gasteiger partial charge in [0.05, 0.1) is 6.61 Å². The summed E-state index contributed by atoms with van der Waals surface area (Å²) in [5.41, 5.74) is 3.60. The van der Waals surface area contributed by atoms with E-state index < -0.39 is 0 Å². The second-order valence-electron chi connectivity index (χ2n) is 6.63. The number of para-hydroxylation sites is 2. The molecule has 0 fully saturated rings. The zero-order valence-corrected chi connectivity index (χ0v) is 15.9. The molecule has 0 spiro atoms. The van der Waals surface area contributed by atoms with Crippen LogP contribution in [0.3, 0.4) is 0 Å². The van der Waals surface area contributed by atoms with E-state index in [0.717, 1.165) is 22.4 Å². The van der Waals surface area contributed by atoms with Crippen molar-refractivity contribution in [3.8, 4) is 33.9 Å². The molecule has 0 radical (unpaired) electrons. The molecule has 0 unspecified atom stereocenters. The third kappa shape index (κ3) is 3.95. The predicted octanol–water partition coefficient (Wildman–Crippen LogP) is 4.40.